The Bertz CT molecular complexity index is 102. The fraction of sp³-hybridized carbons (Fsp3) is 0.889. The van der Waals surface area contributed by atoms with Crippen molar-refractivity contribution in [3.8, 4) is 0 Å². The number of rotatable bonds is 7. The molecule has 0 aromatic heterocycles. The van der Waals surface area contributed by atoms with Crippen LogP contribution in [0, 0.1) is 0 Å². The van der Waals surface area contributed by atoms with E-state index in [0.717, 1.165) is 6.42 Å². The molecule has 0 aliphatic heterocycles. The number of hydrogen-bond donors (Lipinski definition) is 1. The van der Waals surface area contributed by atoms with Gasteiger partial charge in [-0.3, -0.25) is 0 Å². The summed E-state index contributed by atoms with van der Waals surface area (Å²) in [4.78, 5) is 0.667. The van der Waals surface area contributed by atoms with E-state index in [1.807, 2.05) is 0 Å². The van der Waals surface area contributed by atoms with Gasteiger partial charge in [-0.2, -0.15) is 0 Å². The summed E-state index contributed by atoms with van der Waals surface area (Å²) in [5.74, 6) is 0. The zero-order valence-electron chi connectivity index (χ0n) is 7.44. The molecule has 66 valence electrons. The van der Waals surface area contributed by atoms with E-state index in [2.05, 4.69) is 6.92 Å². The molecule has 0 atom stereocenters. The van der Waals surface area contributed by atoms with Crippen LogP contribution in [0.5, 0.6) is 0 Å². The second-order valence-corrected chi connectivity index (χ2v) is 3.51. The predicted octanol–water partition coefficient (Wildman–Crippen LogP) is 3.02. The zero-order chi connectivity index (χ0) is 8.53. The van der Waals surface area contributed by atoms with Crippen molar-refractivity contribution in [1.82, 2.24) is 0 Å². The summed E-state index contributed by atoms with van der Waals surface area (Å²) in [5, 5.41) is 0. The van der Waals surface area contributed by atoms with Crippen LogP contribution in [0.3, 0.4) is 0 Å². The van der Waals surface area contributed by atoms with Crippen molar-refractivity contribution < 1.29 is 0 Å². The van der Waals surface area contributed by atoms with E-state index in [-0.39, 0.29) is 0 Å². The standard InChI is InChI=1S/C9H19NS/c1-2-3-4-5-6-7-8-9(10)11/h2-8H2,1H3,(H2,10,11). The lowest BCUT2D eigenvalue weighted by Crippen LogP contribution is -2.06. The van der Waals surface area contributed by atoms with Gasteiger partial charge in [0.25, 0.3) is 0 Å². The van der Waals surface area contributed by atoms with Crippen LogP contribution in [-0.2, 0) is 0 Å². The third kappa shape index (κ3) is 9.89. The zero-order valence-corrected chi connectivity index (χ0v) is 8.25. The maximum atomic E-state index is 5.36. The quantitative estimate of drug-likeness (QED) is 0.473. The summed E-state index contributed by atoms with van der Waals surface area (Å²) in [7, 11) is 0. The molecule has 0 aliphatic carbocycles. The number of nitrogens with two attached hydrogens (primary N) is 1. The van der Waals surface area contributed by atoms with Gasteiger partial charge < -0.3 is 5.73 Å². The van der Waals surface area contributed by atoms with E-state index in [1.54, 1.807) is 0 Å². The van der Waals surface area contributed by atoms with Gasteiger partial charge in [0.05, 0.1) is 4.99 Å². The fourth-order valence-corrected chi connectivity index (χ4v) is 1.22. The van der Waals surface area contributed by atoms with E-state index < -0.39 is 0 Å². The van der Waals surface area contributed by atoms with Crippen LogP contribution >= 0.6 is 12.2 Å². The molecular formula is C9H19NS. The van der Waals surface area contributed by atoms with Crippen LogP contribution in [0.25, 0.3) is 0 Å². The minimum atomic E-state index is 0.667. The number of unbranched alkanes of at least 4 members (excludes halogenated alkanes) is 5. The van der Waals surface area contributed by atoms with Crippen LogP contribution in [0.4, 0.5) is 0 Å². The van der Waals surface area contributed by atoms with Crippen LogP contribution in [0.1, 0.15) is 51.9 Å². The summed E-state index contributed by atoms with van der Waals surface area (Å²) in [5.41, 5.74) is 5.36. The third-order valence-electron chi connectivity index (χ3n) is 1.78. The molecule has 0 amide bonds. The Labute approximate surface area is 75.4 Å². The molecule has 0 unspecified atom stereocenters. The normalized spacial score (nSPS) is 9.91. The molecular weight excluding hydrogens is 154 g/mol. The van der Waals surface area contributed by atoms with Gasteiger partial charge in [-0.1, -0.05) is 51.2 Å². The summed E-state index contributed by atoms with van der Waals surface area (Å²) in [6.45, 7) is 2.23. The fourth-order valence-electron chi connectivity index (χ4n) is 1.08. The summed E-state index contributed by atoms with van der Waals surface area (Å²) in [6, 6.07) is 0. The van der Waals surface area contributed by atoms with Crippen LogP contribution in [0.15, 0.2) is 0 Å². The molecule has 0 bridgehead atoms. The molecule has 0 radical (unpaired) electrons. The molecule has 0 aromatic carbocycles. The molecule has 0 aliphatic rings. The van der Waals surface area contributed by atoms with Crippen LogP contribution < -0.4 is 5.73 Å². The Hall–Kier alpha value is -0.110. The first kappa shape index (κ1) is 10.9. The van der Waals surface area contributed by atoms with Gasteiger partial charge in [-0.25, -0.2) is 0 Å². The molecule has 0 rings (SSSR count). The minimum Gasteiger partial charge on any atom is -0.393 e. The predicted molar refractivity (Wildman–Crippen MR) is 54.8 cm³/mol. The van der Waals surface area contributed by atoms with Crippen molar-refractivity contribution in [2.75, 3.05) is 0 Å². The van der Waals surface area contributed by atoms with Gasteiger partial charge in [0, 0.05) is 0 Å². The Balaban J connectivity index is 2.85. The third-order valence-corrected chi connectivity index (χ3v) is 1.98. The van der Waals surface area contributed by atoms with Crippen molar-refractivity contribution in [3.05, 3.63) is 0 Å². The van der Waals surface area contributed by atoms with Crippen molar-refractivity contribution in [3.63, 3.8) is 0 Å². The topological polar surface area (TPSA) is 26.0 Å². The number of hydrogen-bond acceptors (Lipinski definition) is 1. The van der Waals surface area contributed by atoms with Crippen molar-refractivity contribution in [2.45, 2.75) is 51.9 Å². The van der Waals surface area contributed by atoms with Crippen LogP contribution in [0.2, 0.25) is 0 Å². The molecule has 0 saturated heterocycles. The highest BCUT2D eigenvalue weighted by Crippen LogP contribution is 2.06. The highest BCUT2D eigenvalue weighted by atomic mass is 32.1. The van der Waals surface area contributed by atoms with Gasteiger partial charge in [0.15, 0.2) is 0 Å². The minimum absolute atomic E-state index is 0.667. The molecule has 0 spiro atoms. The lowest BCUT2D eigenvalue weighted by Gasteiger charge is -1.98. The molecule has 0 aromatic rings. The maximum Gasteiger partial charge on any atom is 0.0727 e. The van der Waals surface area contributed by atoms with Gasteiger partial charge in [-0.05, 0) is 12.8 Å². The lowest BCUT2D eigenvalue weighted by atomic mass is 10.1. The van der Waals surface area contributed by atoms with Gasteiger partial charge in [0.2, 0.25) is 0 Å². The molecule has 11 heavy (non-hydrogen) atoms. The number of thiocarbonyl (C=S) groups is 1. The Morgan fingerprint density at radius 3 is 2.18 bits per heavy atom. The van der Waals surface area contributed by atoms with E-state index in [9.17, 15) is 0 Å². The highest BCUT2D eigenvalue weighted by molar-refractivity contribution is 7.80. The second kappa shape index (κ2) is 7.99. The Morgan fingerprint density at radius 2 is 1.64 bits per heavy atom. The Morgan fingerprint density at radius 1 is 1.09 bits per heavy atom. The summed E-state index contributed by atoms with van der Waals surface area (Å²) < 4.78 is 0. The van der Waals surface area contributed by atoms with E-state index in [4.69, 9.17) is 18.0 Å². The summed E-state index contributed by atoms with van der Waals surface area (Å²) in [6.07, 6.45) is 8.80. The average molecular weight is 173 g/mol. The SMILES string of the molecule is CCCCCCCCC(N)=S. The molecule has 2 N–H and O–H groups in total. The first-order valence-electron chi connectivity index (χ1n) is 4.55. The van der Waals surface area contributed by atoms with Gasteiger partial charge in [-0.15, -0.1) is 0 Å². The van der Waals surface area contributed by atoms with Gasteiger partial charge in [0.1, 0.15) is 0 Å². The van der Waals surface area contributed by atoms with E-state index in [1.165, 1.54) is 38.5 Å². The van der Waals surface area contributed by atoms with Crippen molar-refractivity contribution in [1.29, 1.82) is 0 Å². The smallest absolute Gasteiger partial charge is 0.0727 e. The molecule has 0 heterocycles. The molecule has 2 heteroatoms. The first-order chi connectivity index (χ1) is 5.27. The first-order valence-corrected chi connectivity index (χ1v) is 4.96. The molecule has 1 nitrogen and oxygen atoms in total. The lowest BCUT2D eigenvalue weighted by molar-refractivity contribution is 0.616. The molecule has 0 fully saturated rings. The maximum absolute atomic E-state index is 5.36. The van der Waals surface area contributed by atoms with Crippen molar-refractivity contribution in [2.24, 2.45) is 5.73 Å². The van der Waals surface area contributed by atoms with E-state index in [0.29, 0.717) is 4.99 Å². The summed E-state index contributed by atoms with van der Waals surface area (Å²) >= 11 is 4.77. The van der Waals surface area contributed by atoms with E-state index >= 15 is 0 Å². The van der Waals surface area contributed by atoms with Gasteiger partial charge >= 0.3 is 0 Å². The van der Waals surface area contributed by atoms with Crippen molar-refractivity contribution >= 4 is 17.2 Å². The highest BCUT2D eigenvalue weighted by Gasteiger charge is 1.91. The monoisotopic (exact) mass is 173 g/mol. The second-order valence-electron chi connectivity index (χ2n) is 2.98. The molecule has 0 saturated carbocycles. The average Bonchev–Trinajstić information content (AvgIpc) is 1.96. The van der Waals surface area contributed by atoms with Crippen LogP contribution in [-0.4, -0.2) is 4.99 Å². The Kier molecular flexibility index (Phi) is 7.91. The largest absolute Gasteiger partial charge is 0.393 e.